The van der Waals surface area contributed by atoms with Crippen molar-refractivity contribution in [2.75, 3.05) is 53.5 Å². The SMILES string of the molecule is CN1C(=O)c2cccc(OC(F)F)c2C2CC1c1nn3ccc(C4=CCN(C(=O)C5CC5)CC4)nc3c12.CN1C(=O)c2cccc(OC(F)F)c2C2CC1c1nn3ccc(C4=CCN(C(=O)OC5COC5)CC4)nc3c12. The Bertz CT molecular complexity index is 3480. The van der Waals surface area contributed by atoms with Crippen LogP contribution in [0.5, 0.6) is 11.5 Å². The first-order valence-corrected chi connectivity index (χ1v) is 25.5. The minimum absolute atomic E-state index is 0.00585. The standard InChI is InChI=1S/C27H25F2N5O5.C27H25F2N5O3/c1-32-19-11-17(21-16(25(32)35)3-2-4-20(21)39-26(28)29)22-23(19)31-34-10-7-18(30-24(22)34)14-5-8-33(9-6-14)27(36)38-15-12-37-13-15;1-32-19-13-17(21-16(26(32)36)3-2-4-20(21)37-27(28)29)22-23(19)31-34-12-9-18(30-24(22)34)14-7-10-33(11-8-14)25(35)15-5-6-15/h2-5,7,10,15,17,19,26H,6,8-9,11-13H2,1H3;2-4,7,9,12,15,17,19,27H,5-6,8,10-11,13H2,1H3. The average Bonchev–Trinajstić information content (AvgIpc) is 4.10. The first kappa shape index (κ1) is 47.8. The highest BCUT2D eigenvalue weighted by Gasteiger charge is 2.48. The molecule has 5 aliphatic heterocycles. The van der Waals surface area contributed by atoms with Crippen molar-refractivity contribution in [1.29, 1.82) is 0 Å². The fourth-order valence-electron chi connectivity index (χ4n) is 12.1. The fourth-order valence-corrected chi connectivity index (χ4v) is 12.1. The maximum atomic E-state index is 13.3. The van der Waals surface area contributed by atoms with E-state index < -0.39 is 13.2 Å². The van der Waals surface area contributed by atoms with Crippen molar-refractivity contribution in [3.8, 4) is 11.5 Å². The predicted molar refractivity (Wildman–Crippen MR) is 262 cm³/mol. The predicted octanol–water partition coefficient (Wildman–Crippen LogP) is 7.64. The Morgan fingerprint density at radius 2 is 1.14 bits per heavy atom. The number of nitrogens with zero attached hydrogens (tertiary/aromatic N) is 10. The number of benzene rings is 2. The summed E-state index contributed by atoms with van der Waals surface area (Å²) in [5, 5.41) is 9.53. The molecule has 0 N–H and O–H groups in total. The van der Waals surface area contributed by atoms with Crippen LogP contribution in [-0.4, -0.2) is 145 Å². The number of hydrogen-bond donors (Lipinski definition) is 0. The van der Waals surface area contributed by atoms with Gasteiger partial charge in [-0.25, -0.2) is 23.8 Å². The van der Waals surface area contributed by atoms with Crippen LogP contribution in [0.2, 0.25) is 0 Å². The van der Waals surface area contributed by atoms with Crippen LogP contribution >= 0.6 is 0 Å². The minimum atomic E-state index is -3.02. The van der Waals surface area contributed by atoms with Crippen LogP contribution in [0.15, 0.2) is 73.1 Å². The zero-order chi connectivity index (χ0) is 52.3. The largest absolute Gasteiger partial charge is 0.441 e. The lowest BCUT2D eigenvalue weighted by molar-refractivity contribution is -0.132. The lowest BCUT2D eigenvalue weighted by Crippen LogP contribution is -2.43. The molecule has 392 valence electrons. The van der Waals surface area contributed by atoms with Gasteiger partial charge in [0, 0.05) is 104 Å². The molecule has 4 atom stereocenters. The van der Waals surface area contributed by atoms with E-state index >= 15 is 0 Å². The molecule has 22 heteroatoms. The molecule has 4 unspecified atom stereocenters. The quantitative estimate of drug-likeness (QED) is 0.136. The number of rotatable bonds is 8. The van der Waals surface area contributed by atoms with Crippen molar-refractivity contribution in [1.82, 2.24) is 48.8 Å². The maximum absolute atomic E-state index is 13.3. The number of halogens is 4. The second-order valence-electron chi connectivity index (χ2n) is 20.4. The Hall–Kier alpha value is -7.88. The van der Waals surface area contributed by atoms with E-state index in [2.05, 4.69) is 6.08 Å². The number of amides is 4. The molecule has 6 aromatic rings. The van der Waals surface area contributed by atoms with Crippen LogP contribution in [0.4, 0.5) is 22.4 Å². The molecule has 18 nitrogen and oxygen atoms in total. The van der Waals surface area contributed by atoms with Gasteiger partial charge in [-0.15, -0.1) is 0 Å². The molecule has 9 heterocycles. The van der Waals surface area contributed by atoms with Gasteiger partial charge < -0.3 is 38.5 Å². The molecule has 0 radical (unpaired) electrons. The van der Waals surface area contributed by atoms with Crippen molar-refractivity contribution in [3.63, 3.8) is 0 Å². The number of hydrogen-bond acceptors (Lipinski definition) is 12. The van der Waals surface area contributed by atoms with Crippen molar-refractivity contribution in [3.05, 3.63) is 129 Å². The summed E-state index contributed by atoms with van der Waals surface area (Å²) in [6.45, 7) is -2.99. The number of carbonyl (C=O) groups excluding carboxylic acids is 4. The monoisotopic (exact) mass is 1040 g/mol. The summed E-state index contributed by atoms with van der Waals surface area (Å²) < 4.78 is 76.9. The lowest BCUT2D eigenvalue weighted by Gasteiger charge is -2.31. The summed E-state index contributed by atoms with van der Waals surface area (Å²) >= 11 is 0. The number of carbonyl (C=O) groups is 4. The van der Waals surface area contributed by atoms with E-state index in [0.29, 0.717) is 97.9 Å². The smallest absolute Gasteiger partial charge is 0.410 e. The van der Waals surface area contributed by atoms with E-state index in [1.807, 2.05) is 35.5 Å². The molecule has 0 spiro atoms. The molecule has 4 aromatic heterocycles. The van der Waals surface area contributed by atoms with Gasteiger partial charge in [0.2, 0.25) is 5.91 Å². The highest BCUT2D eigenvalue weighted by atomic mass is 19.3. The third-order valence-electron chi connectivity index (χ3n) is 16.1. The highest BCUT2D eigenvalue weighted by molar-refractivity contribution is 5.99. The van der Waals surface area contributed by atoms with E-state index in [4.69, 9.17) is 39.1 Å². The van der Waals surface area contributed by atoms with Gasteiger partial charge in [-0.2, -0.15) is 27.8 Å². The van der Waals surface area contributed by atoms with Crippen LogP contribution < -0.4 is 9.47 Å². The van der Waals surface area contributed by atoms with E-state index in [1.165, 1.54) is 12.1 Å². The topological polar surface area (TPSA) is 179 Å². The van der Waals surface area contributed by atoms with Gasteiger partial charge in [0.25, 0.3) is 11.8 Å². The molecule has 1 saturated heterocycles. The lowest BCUT2D eigenvalue weighted by atomic mass is 9.89. The number of ether oxygens (including phenoxy) is 4. The van der Waals surface area contributed by atoms with Crippen molar-refractivity contribution in [2.24, 2.45) is 5.92 Å². The molecule has 4 amide bonds. The van der Waals surface area contributed by atoms with Crippen LogP contribution in [-0.2, 0) is 14.3 Å². The van der Waals surface area contributed by atoms with Gasteiger partial charge in [-0.3, -0.25) is 14.4 Å². The maximum Gasteiger partial charge on any atom is 0.410 e. The summed E-state index contributed by atoms with van der Waals surface area (Å²) in [5.74, 6) is -0.780. The van der Waals surface area contributed by atoms with E-state index in [-0.39, 0.29) is 71.3 Å². The molecule has 2 fully saturated rings. The number of alkyl halides is 4. The van der Waals surface area contributed by atoms with Crippen molar-refractivity contribution < 1.29 is 55.7 Å². The molecule has 2 aromatic carbocycles. The Morgan fingerprint density at radius 3 is 1.57 bits per heavy atom. The molecule has 4 bridgehead atoms. The zero-order valence-corrected chi connectivity index (χ0v) is 41.3. The minimum Gasteiger partial charge on any atom is -0.441 e. The molecule has 8 aliphatic rings. The average molecular weight is 1040 g/mol. The van der Waals surface area contributed by atoms with E-state index in [1.54, 1.807) is 62.1 Å². The molecular formula is C54H50F4N10O8. The van der Waals surface area contributed by atoms with Crippen LogP contribution in [0, 0.1) is 5.92 Å². The Morgan fingerprint density at radius 1 is 0.658 bits per heavy atom. The van der Waals surface area contributed by atoms with Gasteiger partial charge in [0.05, 0.1) is 48.1 Å². The summed E-state index contributed by atoms with van der Waals surface area (Å²) in [6.07, 6.45) is 11.5. The van der Waals surface area contributed by atoms with Crippen LogP contribution in [0.1, 0.15) is 128 Å². The molecule has 3 aliphatic carbocycles. The first-order valence-electron chi connectivity index (χ1n) is 25.5. The number of aromatic nitrogens is 6. The molecular weight excluding hydrogens is 993 g/mol. The van der Waals surface area contributed by atoms with Gasteiger partial charge >= 0.3 is 19.3 Å². The molecule has 14 rings (SSSR count). The third-order valence-corrected chi connectivity index (χ3v) is 16.1. The van der Waals surface area contributed by atoms with E-state index in [0.717, 1.165) is 58.6 Å². The summed E-state index contributed by atoms with van der Waals surface area (Å²) in [4.78, 5) is 68.2. The number of fused-ring (bicyclic) bond motifs is 18. The van der Waals surface area contributed by atoms with Gasteiger partial charge in [-0.05, 0) is 86.1 Å². The summed E-state index contributed by atoms with van der Waals surface area (Å²) in [7, 11) is 3.43. The normalized spacial score (nSPS) is 22.5. The zero-order valence-electron chi connectivity index (χ0n) is 41.3. The third kappa shape index (κ3) is 8.01. The summed E-state index contributed by atoms with van der Waals surface area (Å²) in [6, 6.07) is 12.6. The first-order chi connectivity index (χ1) is 36.8. The highest BCUT2D eigenvalue weighted by Crippen LogP contribution is 2.55. The van der Waals surface area contributed by atoms with Crippen molar-refractivity contribution in [2.45, 2.75) is 81.8 Å². The second kappa shape index (κ2) is 18.4. The van der Waals surface area contributed by atoms with Gasteiger partial charge in [0.15, 0.2) is 17.4 Å². The second-order valence-corrected chi connectivity index (χ2v) is 20.4. The summed E-state index contributed by atoms with van der Waals surface area (Å²) in [5.41, 5.74) is 9.64. The Balaban J connectivity index is 0.000000146. The van der Waals surface area contributed by atoms with Gasteiger partial charge in [0.1, 0.15) is 11.5 Å². The Kier molecular flexibility index (Phi) is 11.6. The van der Waals surface area contributed by atoms with Gasteiger partial charge in [-0.1, -0.05) is 24.3 Å². The fraction of sp³-hybridized carbons (Fsp3) is 0.407. The van der Waals surface area contributed by atoms with Crippen molar-refractivity contribution >= 4 is 46.3 Å². The van der Waals surface area contributed by atoms with E-state index in [9.17, 15) is 36.7 Å². The van der Waals surface area contributed by atoms with Crippen LogP contribution in [0.25, 0.3) is 22.4 Å². The molecule has 1 saturated carbocycles. The molecule has 76 heavy (non-hydrogen) atoms. The van der Waals surface area contributed by atoms with Crippen LogP contribution in [0.3, 0.4) is 0 Å². The Labute approximate surface area is 431 Å².